The van der Waals surface area contributed by atoms with Crippen molar-refractivity contribution >= 4 is 16.6 Å². The molecule has 0 spiro atoms. The highest BCUT2D eigenvalue weighted by atomic mass is 15.2. The molecule has 0 unspecified atom stereocenters. The van der Waals surface area contributed by atoms with Gasteiger partial charge in [-0.05, 0) is 12.3 Å². The molecule has 18 heavy (non-hydrogen) atoms. The van der Waals surface area contributed by atoms with E-state index < -0.39 is 0 Å². The van der Waals surface area contributed by atoms with Gasteiger partial charge in [0.05, 0.1) is 6.20 Å². The van der Waals surface area contributed by atoms with Crippen molar-refractivity contribution in [3.05, 3.63) is 30.5 Å². The molecular weight excluding hydrogens is 222 g/mol. The zero-order valence-electron chi connectivity index (χ0n) is 10.6. The highest BCUT2D eigenvalue weighted by Gasteiger charge is 2.14. The van der Waals surface area contributed by atoms with Gasteiger partial charge in [-0.25, -0.2) is 0 Å². The van der Waals surface area contributed by atoms with Crippen LogP contribution in [0, 0.1) is 5.92 Å². The van der Waals surface area contributed by atoms with Crippen molar-refractivity contribution in [2.24, 2.45) is 5.92 Å². The Labute approximate surface area is 108 Å². The average molecular weight is 241 g/mol. The van der Waals surface area contributed by atoms with Crippen LogP contribution in [0.25, 0.3) is 10.8 Å². The fourth-order valence-electron chi connectivity index (χ4n) is 2.85. The summed E-state index contributed by atoms with van der Waals surface area (Å²) in [5.74, 6) is 1.84. The second kappa shape index (κ2) is 5.34. The fourth-order valence-corrected chi connectivity index (χ4v) is 2.85. The normalized spacial score (nSPS) is 16.2. The van der Waals surface area contributed by atoms with Crippen molar-refractivity contribution in [1.29, 1.82) is 0 Å². The number of fused-ring (bicyclic) bond motifs is 1. The van der Waals surface area contributed by atoms with E-state index >= 15 is 0 Å². The van der Waals surface area contributed by atoms with Crippen LogP contribution in [0.2, 0.25) is 0 Å². The number of nitrogens with one attached hydrogen (secondary N) is 1. The van der Waals surface area contributed by atoms with Gasteiger partial charge in [-0.3, -0.25) is 0 Å². The minimum atomic E-state index is 0.917. The fraction of sp³-hybridized carbons (Fsp3) is 0.467. The standard InChI is InChI=1S/C15H19N3/c1-2-6-12(5-1)9-10-16-15-14-8-4-3-7-13(14)11-17-18-15/h3-4,7-8,11-12H,1-2,5-6,9-10H2,(H,16,18). The van der Waals surface area contributed by atoms with Crippen LogP contribution in [-0.4, -0.2) is 16.7 Å². The highest BCUT2D eigenvalue weighted by molar-refractivity contribution is 5.90. The topological polar surface area (TPSA) is 37.8 Å². The van der Waals surface area contributed by atoms with Crippen molar-refractivity contribution < 1.29 is 0 Å². The number of aromatic nitrogens is 2. The van der Waals surface area contributed by atoms with Gasteiger partial charge in [0, 0.05) is 17.3 Å². The van der Waals surface area contributed by atoms with Gasteiger partial charge in [-0.2, -0.15) is 5.10 Å². The summed E-state index contributed by atoms with van der Waals surface area (Å²) in [6, 6.07) is 8.26. The molecule has 3 rings (SSSR count). The summed E-state index contributed by atoms with van der Waals surface area (Å²) in [4.78, 5) is 0. The number of rotatable bonds is 4. The van der Waals surface area contributed by atoms with E-state index in [2.05, 4.69) is 27.6 Å². The molecule has 1 aromatic carbocycles. The second-order valence-corrected chi connectivity index (χ2v) is 5.15. The zero-order valence-corrected chi connectivity index (χ0v) is 10.6. The van der Waals surface area contributed by atoms with Crippen LogP contribution < -0.4 is 5.32 Å². The molecule has 0 saturated heterocycles. The van der Waals surface area contributed by atoms with Gasteiger partial charge in [0.1, 0.15) is 0 Å². The lowest BCUT2D eigenvalue weighted by molar-refractivity contribution is 0.518. The molecule has 0 bridgehead atoms. The van der Waals surface area contributed by atoms with Crippen LogP contribution in [0.1, 0.15) is 32.1 Å². The largest absolute Gasteiger partial charge is 0.368 e. The Morgan fingerprint density at radius 2 is 2.00 bits per heavy atom. The highest BCUT2D eigenvalue weighted by Crippen LogP contribution is 2.27. The summed E-state index contributed by atoms with van der Waals surface area (Å²) in [6.07, 6.45) is 8.71. The number of benzene rings is 1. The maximum Gasteiger partial charge on any atom is 0.156 e. The van der Waals surface area contributed by atoms with Gasteiger partial charge in [0.2, 0.25) is 0 Å². The van der Waals surface area contributed by atoms with E-state index in [9.17, 15) is 0 Å². The van der Waals surface area contributed by atoms with Crippen molar-refractivity contribution in [3.63, 3.8) is 0 Å². The van der Waals surface area contributed by atoms with Crippen LogP contribution in [0.4, 0.5) is 5.82 Å². The van der Waals surface area contributed by atoms with Gasteiger partial charge in [-0.15, -0.1) is 5.10 Å². The first-order valence-electron chi connectivity index (χ1n) is 6.88. The van der Waals surface area contributed by atoms with E-state index in [0.717, 1.165) is 23.7 Å². The van der Waals surface area contributed by atoms with E-state index in [-0.39, 0.29) is 0 Å². The lowest BCUT2D eigenvalue weighted by Gasteiger charge is -2.11. The maximum atomic E-state index is 4.21. The first kappa shape index (κ1) is 11.5. The number of hydrogen-bond acceptors (Lipinski definition) is 3. The van der Waals surface area contributed by atoms with Gasteiger partial charge < -0.3 is 5.32 Å². The lowest BCUT2D eigenvalue weighted by atomic mass is 10.0. The summed E-state index contributed by atoms with van der Waals surface area (Å²) >= 11 is 0. The zero-order chi connectivity index (χ0) is 12.2. The molecule has 0 radical (unpaired) electrons. The Kier molecular flexibility index (Phi) is 3.40. The van der Waals surface area contributed by atoms with E-state index in [0.29, 0.717) is 0 Å². The number of nitrogens with zero attached hydrogens (tertiary/aromatic N) is 2. The molecule has 0 aliphatic heterocycles. The molecule has 3 nitrogen and oxygen atoms in total. The molecule has 1 fully saturated rings. The van der Waals surface area contributed by atoms with Crippen LogP contribution >= 0.6 is 0 Å². The maximum absolute atomic E-state index is 4.21. The van der Waals surface area contributed by atoms with Gasteiger partial charge in [-0.1, -0.05) is 49.9 Å². The smallest absolute Gasteiger partial charge is 0.156 e. The summed E-state index contributed by atoms with van der Waals surface area (Å²) in [5, 5.41) is 14.0. The summed E-state index contributed by atoms with van der Waals surface area (Å²) in [6.45, 7) is 1.01. The van der Waals surface area contributed by atoms with Gasteiger partial charge in [0.15, 0.2) is 5.82 Å². The molecule has 1 N–H and O–H groups in total. The number of hydrogen-bond donors (Lipinski definition) is 1. The Balaban J connectivity index is 1.66. The molecule has 1 saturated carbocycles. The van der Waals surface area contributed by atoms with Crippen molar-refractivity contribution in [1.82, 2.24) is 10.2 Å². The SMILES string of the molecule is c1ccc2c(NCCC3CCCC3)nncc2c1. The molecule has 3 heteroatoms. The first-order chi connectivity index (χ1) is 8.93. The molecule has 1 aliphatic rings. The molecule has 2 aromatic rings. The predicted molar refractivity (Wildman–Crippen MR) is 74.6 cm³/mol. The quantitative estimate of drug-likeness (QED) is 0.888. The molecule has 1 aliphatic carbocycles. The summed E-state index contributed by atoms with van der Waals surface area (Å²) < 4.78 is 0. The van der Waals surface area contributed by atoms with E-state index in [1.54, 1.807) is 0 Å². The minimum Gasteiger partial charge on any atom is -0.368 e. The second-order valence-electron chi connectivity index (χ2n) is 5.15. The van der Waals surface area contributed by atoms with Gasteiger partial charge in [0.25, 0.3) is 0 Å². The average Bonchev–Trinajstić information content (AvgIpc) is 2.92. The molecule has 94 valence electrons. The van der Waals surface area contributed by atoms with E-state index in [1.807, 2.05) is 18.3 Å². The van der Waals surface area contributed by atoms with Crippen LogP contribution in [0.15, 0.2) is 30.5 Å². The van der Waals surface area contributed by atoms with E-state index in [1.165, 1.54) is 37.5 Å². The summed E-state index contributed by atoms with van der Waals surface area (Å²) in [7, 11) is 0. The lowest BCUT2D eigenvalue weighted by Crippen LogP contribution is -2.08. The van der Waals surface area contributed by atoms with Crippen molar-refractivity contribution in [2.75, 3.05) is 11.9 Å². The molecule has 0 amide bonds. The van der Waals surface area contributed by atoms with Crippen LogP contribution in [0.5, 0.6) is 0 Å². The minimum absolute atomic E-state index is 0.917. The van der Waals surface area contributed by atoms with Crippen molar-refractivity contribution in [2.45, 2.75) is 32.1 Å². The monoisotopic (exact) mass is 241 g/mol. The third-order valence-corrected chi connectivity index (χ3v) is 3.89. The molecule has 1 aromatic heterocycles. The van der Waals surface area contributed by atoms with E-state index in [4.69, 9.17) is 0 Å². The first-order valence-corrected chi connectivity index (χ1v) is 6.88. The molecule has 1 heterocycles. The Hall–Kier alpha value is -1.64. The van der Waals surface area contributed by atoms with Gasteiger partial charge >= 0.3 is 0 Å². The Morgan fingerprint density at radius 1 is 1.17 bits per heavy atom. The predicted octanol–water partition coefficient (Wildman–Crippen LogP) is 3.62. The Morgan fingerprint density at radius 3 is 2.89 bits per heavy atom. The third kappa shape index (κ3) is 2.45. The van der Waals surface area contributed by atoms with Crippen molar-refractivity contribution in [3.8, 4) is 0 Å². The van der Waals surface area contributed by atoms with Crippen LogP contribution in [0.3, 0.4) is 0 Å². The molecular formula is C15H19N3. The third-order valence-electron chi connectivity index (χ3n) is 3.89. The molecule has 0 atom stereocenters. The van der Waals surface area contributed by atoms with Crippen LogP contribution in [-0.2, 0) is 0 Å². The Bertz CT molecular complexity index is 513. The number of anilines is 1. The summed E-state index contributed by atoms with van der Waals surface area (Å²) in [5.41, 5.74) is 0.